The van der Waals surface area contributed by atoms with Gasteiger partial charge in [-0.05, 0) is 23.3 Å². The van der Waals surface area contributed by atoms with E-state index in [1.807, 2.05) is 42.6 Å². The molecule has 4 rings (SSSR count). The van der Waals surface area contributed by atoms with Crippen molar-refractivity contribution in [3.05, 3.63) is 100 Å². The number of rotatable bonds is 5. The highest BCUT2D eigenvalue weighted by molar-refractivity contribution is 5.92. The number of amides is 1. The van der Waals surface area contributed by atoms with Crippen LogP contribution in [0.1, 0.15) is 27.5 Å². The summed E-state index contributed by atoms with van der Waals surface area (Å²) < 4.78 is 0. The van der Waals surface area contributed by atoms with Gasteiger partial charge in [-0.3, -0.25) is 9.59 Å². The number of fused-ring (bicyclic) bond motifs is 1. The van der Waals surface area contributed by atoms with Crippen LogP contribution in [0.4, 0.5) is 0 Å². The highest BCUT2D eigenvalue weighted by atomic mass is 16.2. The Labute approximate surface area is 155 Å². The van der Waals surface area contributed by atoms with Crippen molar-refractivity contribution in [1.29, 1.82) is 0 Å². The van der Waals surface area contributed by atoms with E-state index in [1.165, 1.54) is 12.1 Å². The molecule has 0 spiro atoms. The summed E-state index contributed by atoms with van der Waals surface area (Å²) in [5, 5.41) is 10.1. The fraction of sp³-hybridized carbons (Fsp3) is 0.0952. The van der Waals surface area contributed by atoms with E-state index in [0.717, 1.165) is 22.0 Å². The highest BCUT2D eigenvalue weighted by Gasteiger charge is 2.19. The van der Waals surface area contributed by atoms with Crippen LogP contribution >= 0.6 is 0 Å². The maximum atomic E-state index is 12.4. The number of H-pyrrole nitrogens is 2. The van der Waals surface area contributed by atoms with Crippen molar-refractivity contribution in [3.63, 3.8) is 0 Å². The number of aromatic nitrogens is 3. The number of hydrogen-bond donors (Lipinski definition) is 3. The highest BCUT2D eigenvalue weighted by Crippen LogP contribution is 2.30. The summed E-state index contributed by atoms with van der Waals surface area (Å²) >= 11 is 0. The van der Waals surface area contributed by atoms with Gasteiger partial charge in [0, 0.05) is 35.6 Å². The predicted molar refractivity (Wildman–Crippen MR) is 104 cm³/mol. The Morgan fingerprint density at radius 1 is 1.00 bits per heavy atom. The normalized spacial score (nSPS) is 12.0. The molecule has 3 N–H and O–H groups in total. The van der Waals surface area contributed by atoms with Crippen LogP contribution < -0.4 is 10.9 Å². The Balaban J connectivity index is 1.64. The van der Waals surface area contributed by atoms with E-state index in [9.17, 15) is 9.59 Å². The molecule has 0 unspecified atom stereocenters. The minimum atomic E-state index is -0.340. The molecule has 1 amide bonds. The third-order valence-corrected chi connectivity index (χ3v) is 4.58. The average molecular weight is 358 g/mol. The molecule has 0 aliphatic heterocycles. The van der Waals surface area contributed by atoms with Crippen molar-refractivity contribution < 1.29 is 4.79 Å². The van der Waals surface area contributed by atoms with E-state index in [2.05, 4.69) is 38.7 Å². The van der Waals surface area contributed by atoms with E-state index in [4.69, 9.17) is 0 Å². The molecular formula is C21H18N4O2. The van der Waals surface area contributed by atoms with Gasteiger partial charge in [-0.1, -0.05) is 48.5 Å². The molecule has 27 heavy (non-hydrogen) atoms. The maximum absolute atomic E-state index is 12.4. The topological polar surface area (TPSA) is 90.6 Å². The molecular weight excluding hydrogens is 340 g/mol. The van der Waals surface area contributed by atoms with Crippen LogP contribution in [-0.4, -0.2) is 27.6 Å². The fourth-order valence-corrected chi connectivity index (χ4v) is 3.23. The molecule has 134 valence electrons. The number of carbonyl (C=O) groups is 1. The van der Waals surface area contributed by atoms with Crippen LogP contribution in [0.15, 0.2) is 77.7 Å². The Hall–Kier alpha value is -3.67. The van der Waals surface area contributed by atoms with Crippen LogP contribution in [0.3, 0.4) is 0 Å². The van der Waals surface area contributed by atoms with Gasteiger partial charge in [-0.2, -0.15) is 5.10 Å². The third kappa shape index (κ3) is 3.50. The maximum Gasteiger partial charge on any atom is 0.271 e. The largest absolute Gasteiger partial charge is 0.361 e. The molecule has 2 aromatic carbocycles. The molecule has 0 fully saturated rings. The molecule has 0 radical (unpaired) electrons. The Bertz CT molecular complexity index is 1110. The summed E-state index contributed by atoms with van der Waals surface area (Å²) in [4.78, 5) is 26.8. The molecule has 0 saturated carbocycles. The van der Waals surface area contributed by atoms with Gasteiger partial charge in [0.25, 0.3) is 11.5 Å². The van der Waals surface area contributed by atoms with Crippen LogP contribution in [0.5, 0.6) is 0 Å². The van der Waals surface area contributed by atoms with Crippen LogP contribution in [-0.2, 0) is 0 Å². The number of carbonyl (C=O) groups excluding carboxylic acids is 1. The van der Waals surface area contributed by atoms with Crippen molar-refractivity contribution in [1.82, 2.24) is 20.5 Å². The molecule has 1 atom stereocenters. The SMILES string of the molecule is O=C(NC[C@H](c1ccccc1)c1c[nH]c2ccccc12)c1ccc(=O)[nH]n1. The molecule has 4 aromatic rings. The summed E-state index contributed by atoms with van der Waals surface area (Å²) in [5.41, 5.74) is 3.12. The molecule has 6 heteroatoms. The lowest BCUT2D eigenvalue weighted by Gasteiger charge is -2.18. The lowest BCUT2D eigenvalue weighted by atomic mass is 9.91. The zero-order valence-electron chi connectivity index (χ0n) is 14.5. The number of aromatic amines is 2. The molecule has 0 saturated heterocycles. The number of para-hydroxylation sites is 1. The first-order chi connectivity index (χ1) is 13.2. The first-order valence-electron chi connectivity index (χ1n) is 8.67. The Kier molecular flexibility index (Phi) is 4.53. The second kappa shape index (κ2) is 7.29. The van der Waals surface area contributed by atoms with Gasteiger partial charge in [-0.15, -0.1) is 0 Å². The minimum Gasteiger partial charge on any atom is -0.361 e. The monoisotopic (exact) mass is 358 g/mol. The van der Waals surface area contributed by atoms with Crippen molar-refractivity contribution in [2.75, 3.05) is 6.54 Å². The summed E-state index contributed by atoms with van der Waals surface area (Å²) in [6, 6.07) is 20.9. The number of hydrogen-bond acceptors (Lipinski definition) is 3. The molecule has 0 aliphatic carbocycles. The van der Waals surface area contributed by atoms with Crippen molar-refractivity contribution in [3.8, 4) is 0 Å². The van der Waals surface area contributed by atoms with E-state index in [1.54, 1.807) is 0 Å². The molecule has 6 nitrogen and oxygen atoms in total. The van der Waals surface area contributed by atoms with Gasteiger partial charge in [0.15, 0.2) is 0 Å². The standard InChI is InChI=1S/C21H18N4O2/c26-20-11-10-19(24-25-20)21(27)23-12-16(14-6-2-1-3-7-14)17-13-22-18-9-5-4-8-15(17)18/h1-11,13,16,22H,12H2,(H,23,27)(H,25,26)/t16-/m1/s1. The summed E-state index contributed by atoms with van der Waals surface area (Å²) in [6.07, 6.45) is 1.99. The van der Waals surface area contributed by atoms with Crippen LogP contribution in [0, 0.1) is 0 Å². The van der Waals surface area contributed by atoms with Crippen LogP contribution in [0.25, 0.3) is 10.9 Å². The number of benzene rings is 2. The first-order valence-corrected chi connectivity index (χ1v) is 8.67. The molecule has 2 aromatic heterocycles. The van der Waals surface area contributed by atoms with Gasteiger partial charge < -0.3 is 10.3 Å². The molecule has 2 heterocycles. The van der Waals surface area contributed by atoms with Crippen molar-refractivity contribution in [2.24, 2.45) is 0 Å². The van der Waals surface area contributed by atoms with E-state index < -0.39 is 0 Å². The zero-order valence-corrected chi connectivity index (χ0v) is 14.5. The Morgan fingerprint density at radius 3 is 2.56 bits per heavy atom. The number of nitrogens with one attached hydrogen (secondary N) is 3. The summed E-state index contributed by atoms with van der Waals surface area (Å²) in [6.45, 7) is 0.408. The quantitative estimate of drug-likeness (QED) is 0.512. The smallest absolute Gasteiger partial charge is 0.271 e. The third-order valence-electron chi connectivity index (χ3n) is 4.58. The first kappa shape index (κ1) is 16.8. The predicted octanol–water partition coefficient (Wildman–Crippen LogP) is 2.81. The van der Waals surface area contributed by atoms with Crippen LogP contribution in [0.2, 0.25) is 0 Å². The molecule has 0 bridgehead atoms. The minimum absolute atomic E-state index is 0.0194. The van der Waals surface area contributed by atoms with Crippen molar-refractivity contribution in [2.45, 2.75) is 5.92 Å². The van der Waals surface area contributed by atoms with E-state index in [-0.39, 0.29) is 23.1 Å². The molecule has 0 aliphatic rings. The second-order valence-corrected chi connectivity index (χ2v) is 6.27. The zero-order chi connectivity index (χ0) is 18.6. The lowest BCUT2D eigenvalue weighted by molar-refractivity contribution is 0.0946. The van der Waals surface area contributed by atoms with Gasteiger partial charge in [0.05, 0.1) is 0 Å². The van der Waals surface area contributed by atoms with Crippen molar-refractivity contribution >= 4 is 16.8 Å². The fourth-order valence-electron chi connectivity index (χ4n) is 3.23. The van der Waals surface area contributed by atoms with E-state index in [0.29, 0.717) is 6.54 Å². The summed E-state index contributed by atoms with van der Waals surface area (Å²) in [7, 11) is 0. The lowest BCUT2D eigenvalue weighted by Crippen LogP contribution is -2.30. The average Bonchev–Trinajstić information content (AvgIpc) is 3.13. The van der Waals surface area contributed by atoms with E-state index >= 15 is 0 Å². The summed E-state index contributed by atoms with van der Waals surface area (Å²) in [5.74, 6) is -0.346. The van der Waals surface area contributed by atoms with Gasteiger partial charge in [-0.25, -0.2) is 5.10 Å². The van der Waals surface area contributed by atoms with Gasteiger partial charge >= 0.3 is 0 Å². The van der Waals surface area contributed by atoms with Gasteiger partial charge in [0.1, 0.15) is 5.69 Å². The second-order valence-electron chi connectivity index (χ2n) is 6.27. The van der Waals surface area contributed by atoms with Gasteiger partial charge in [0.2, 0.25) is 0 Å². The number of nitrogens with zero attached hydrogens (tertiary/aromatic N) is 1. The Morgan fingerprint density at radius 2 is 1.78 bits per heavy atom.